The number of rotatable bonds is 11. The summed E-state index contributed by atoms with van der Waals surface area (Å²) in [5.74, 6) is -1.61. The summed E-state index contributed by atoms with van der Waals surface area (Å²) in [6.07, 6.45) is 1.57. The fraction of sp³-hybridized carbons (Fsp3) is 0.583. The Kier molecular flexibility index (Phi) is 11.4. The second-order valence-electron chi connectivity index (χ2n) is 8.97. The molecule has 1 aromatic rings. The maximum atomic E-state index is 12.7. The number of nitrogens with zero attached hydrogens (tertiary/aromatic N) is 1. The fourth-order valence-electron chi connectivity index (χ4n) is 3.72. The molecule has 0 radical (unpaired) electrons. The van der Waals surface area contributed by atoms with Crippen molar-refractivity contribution in [1.29, 1.82) is 0 Å². The molecule has 2 atom stereocenters. The average molecular weight is 492 g/mol. The van der Waals surface area contributed by atoms with E-state index in [9.17, 15) is 19.2 Å². The lowest BCUT2D eigenvalue weighted by Crippen LogP contribution is -2.52. The van der Waals surface area contributed by atoms with E-state index in [1.807, 2.05) is 44.2 Å². The van der Waals surface area contributed by atoms with E-state index in [0.717, 1.165) is 5.56 Å². The average Bonchev–Trinajstić information content (AvgIpc) is 2.84. The van der Waals surface area contributed by atoms with Crippen LogP contribution in [0.1, 0.15) is 45.1 Å². The van der Waals surface area contributed by atoms with Crippen molar-refractivity contribution in [2.75, 3.05) is 19.6 Å². The molecule has 1 aliphatic heterocycles. The van der Waals surface area contributed by atoms with E-state index in [0.29, 0.717) is 32.4 Å². The van der Waals surface area contributed by atoms with E-state index < -0.39 is 30.1 Å². The maximum Gasteiger partial charge on any atom is 0.410 e. The predicted octanol–water partition coefficient (Wildman–Crippen LogP) is 1.25. The number of carbonyl (C=O) groups excluding carboxylic acids is 4. The van der Waals surface area contributed by atoms with E-state index >= 15 is 0 Å². The summed E-state index contributed by atoms with van der Waals surface area (Å²) < 4.78 is 10.4. The number of ether oxygens (including phenoxy) is 2. The lowest BCUT2D eigenvalue weighted by Gasteiger charge is -2.34. The minimum atomic E-state index is -0.980. The van der Waals surface area contributed by atoms with Gasteiger partial charge in [-0.25, -0.2) is 19.2 Å². The summed E-state index contributed by atoms with van der Waals surface area (Å²) in [4.78, 5) is 49.6. The van der Waals surface area contributed by atoms with Gasteiger partial charge in [0.05, 0.1) is 0 Å². The largest absolute Gasteiger partial charge is 0.445 e. The van der Waals surface area contributed by atoms with Crippen LogP contribution in [0, 0.1) is 5.92 Å². The number of amides is 3. The van der Waals surface area contributed by atoms with Crippen LogP contribution < -0.4 is 22.1 Å². The Bertz CT molecular complexity index is 842. The molecule has 35 heavy (non-hydrogen) atoms. The summed E-state index contributed by atoms with van der Waals surface area (Å²) in [5.41, 5.74) is 11.7. The zero-order valence-electron chi connectivity index (χ0n) is 20.4. The highest BCUT2D eigenvalue weighted by Gasteiger charge is 2.32. The first kappa shape index (κ1) is 28.1. The van der Waals surface area contributed by atoms with Gasteiger partial charge in [-0.1, -0.05) is 44.2 Å². The molecule has 0 saturated carbocycles. The Labute approximate surface area is 205 Å². The lowest BCUT2D eigenvalue weighted by molar-refractivity contribution is -0.163. The number of carbonyl (C=O) groups is 4. The molecule has 1 aromatic carbocycles. The SMILES string of the molecule is CC(C)[C@H](NC1CCN(C(=O)OCc2ccccc2)CC1)C(=O)OC(=O)[C@@H](N)CCCNC(N)=O. The second kappa shape index (κ2) is 14.3. The van der Waals surface area contributed by atoms with E-state index in [2.05, 4.69) is 10.6 Å². The number of likely N-dealkylation sites (tertiary alicyclic amines) is 1. The highest BCUT2D eigenvalue weighted by molar-refractivity contribution is 5.90. The van der Waals surface area contributed by atoms with Crippen LogP contribution in [0.2, 0.25) is 0 Å². The van der Waals surface area contributed by atoms with Crippen molar-refractivity contribution in [3.05, 3.63) is 35.9 Å². The van der Waals surface area contributed by atoms with Gasteiger partial charge < -0.3 is 36.5 Å². The number of nitrogens with one attached hydrogen (secondary N) is 2. The molecule has 0 aliphatic carbocycles. The van der Waals surface area contributed by atoms with Gasteiger partial charge in [-0.2, -0.15) is 0 Å². The molecular formula is C24H37N5O6. The molecule has 1 fully saturated rings. The predicted molar refractivity (Wildman–Crippen MR) is 129 cm³/mol. The van der Waals surface area contributed by atoms with Gasteiger partial charge in [-0.3, -0.25) is 0 Å². The number of primary amides is 1. The van der Waals surface area contributed by atoms with Gasteiger partial charge in [0, 0.05) is 25.7 Å². The van der Waals surface area contributed by atoms with Crippen LogP contribution in [0.4, 0.5) is 9.59 Å². The number of benzene rings is 1. The summed E-state index contributed by atoms with van der Waals surface area (Å²) in [7, 11) is 0. The van der Waals surface area contributed by atoms with Gasteiger partial charge in [0.2, 0.25) is 0 Å². The first-order valence-corrected chi connectivity index (χ1v) is 11.9. The number of esters is 2. The zero-order valence-corrected chi connectivity index (χ0v) is 20.4. The first-order chi connectivity index (χ1) is 16.7. The second-order valence-corrected chi connectivity index (χ2v) is 8.97. The van der Waals surface area contributed by atoms with Gasteiger partial charge in [0.15, 0.2) is 0 Å². The highest BCUT2D eigenvalue weighted by Crippen LogP contribution is 2.16. The van der Waals surface area contributed by atoms with Gasteiger partial charge in [0.25, 0.3) is 0 Å². The van der Waals surface area contributed by atoms with Crippen molar-refractivity contribution in [3.8, 4) is 0 Å². The van der Waals surface area contributed by atoms with Crippen molar-refractivity contribution in [2.24, 2.45) is 17.4 Å². The molecule has 2 rings (SSSR count). The Balaban J connectivity index is 1.76. The Hall–Kier alpha value is -3.18. The number of hydrogen-bond acceptors (Lipinski definition) is 8. The van der Waals surface area contributed by atoms with Gasteiger partial charge in [-0.05, 0) is 37.2 Å². The van der Waals surface area contributed by atoms with E-state index in [1.165, 1.54) is 0 Å². The zero-order chi connectivity index (χ0) is 25.8. The summed E-state index contributed by atoms with van der Waals surface area (Å²) in [6.45, 7) is 5.20. The quantitative estimate of drug-likeness (QED) is 0.204. The van der Waals surface area contributed by atoms with Crippen LogP contribution in [-0.4, -0.2) is 66.7 Å². The Morgan fingerprint density at radius 3 is 2.34 bits per heavy atom. The molecule has 1 heterocycles. The van der Waals surface area contributed by atoms with Crippen molar-refractivity contribution in [3.63, 3.8) is 0 Å². The molecule has 1 saturated heterocycles. The third-order valence-corrected chi connectivity index (χ3v) is 5.79. The monoisotopic (exact) mass is 491 g/mol. The molecule has 6 N–H and O–H groups in total. The van der Waals surface area contributed by atoms with E-state index in [-0.39, 0.29) is 37.6 Å². The molecule has 0 bridgehead atoms. The smallest absolute Gasteiger partial charge is 0.410 e. The van der Waals surface area contributed by atoms with E-state index in [4.69, 9.17) is 20.9 Å². The normalized spacial score (nSPS) is 15.8. The molecular weight excluding hydrogens is 454 g/mol. The summed E-state index contributed by atoms with van der Waals surface area (Å²) >= 11 is 0. The minimum Gasteiger partial charge on any atom is -0.445 e. The molecule has 3 amide bonds. The van der Waals surface area contributed by atoms with Crippen LogP contribution in [-0.2, 0) is 25.7 Å². The molecule has 0 spiro atoms. The van der Waals surface area contributed by atoms with Gasteiger partial charge in [-0.15, -0.1) is 0 Å². The molecule has 0 aromatic heterocycles. The molecule has 0 unspecified atom stereocenters. The van der Waals surface area contributed by atoms with E-state index in [1.54, 1.807) is 4.90 Å². The van der Waals surface area contributed by atoms with Crippen LogP contribution in [0.5, 0.6) is 0 Å². The van der Waals surface area contributed by atoms with Crippen molar-refractivity contribution in [2.45, 2.75) is 64.3 Å². The molecule has 194 valence electrons. The van der Waals surface area contributed by atoms with Crippen molar-refractivity contribution in [1.82, 2.24) is 15.5 Å². The van der Waals surface area contributed by atoms with Crippen molar-refractivity contribution >= 4 is 24.1 Å². The van der Waals surface area contributed by atoms with Crippen molar-refractivity contribution < 1.29 is 28.7 Å². The van der Waals surface area contributed by atoms with Gasteiger partial charge in [0.1, 0.15) is 18.7 Å². The third kappa shape index (κ3) is 9.91. The number of piperidine rings is 1. The topological polar surface area (TPSA) is 166 Å². The third-order valence-electron chi connectivity index (χ3n) is 5.79. The molecule has 11 nitrogen and oxygen atoms in total. The highest BCUT2D eigenvalue weighted by atomic mass is 16.6. The molecule has 1 aliphatic rings. The standard InChI is InChI=1S/C24H37N5O6/c1-16(2)20(22(31)35-21(30)19(25)9-6-12-27-23(26)32)28-18-10-13-29(14-11-18)24(33)34-15-17-7-4-3-5-8-17/h3-5,7-8,16,18-20,28H,6,9-15,25H2,1-2H3,(H3,26,27,32)/t19-,20-/m0/s1. The lowest BCUT2D eigenvalue weighted by atomic mass is 9.99. The Morgan fingerprint density at radius 1 is 1.09 bits per heavy atom. The Morgan fingerprint density at radius 2 is 1.74 bits per heavy atom. The molecule has 11 heteroatoms. The van der Waals surface area contributed by atoms with Crippen LogP contribution in [0.3, 0.4) is 0 Å². The summed E-state index contributed by atoms with van der Waals surface area (Å²) in [6, 6.07) is 7.13. The number of nitrogens with two attached hydrogens (primary N) is 2. The maximum absolute atomic E-state index is 12.7. The minimum absolute atomic E-state index is 0.0169. The van der Waals surface area contributed by atoms with Crippen LogP contribution in [0.25, 0.3) is 0 Å². The van der Waals surface area contributed by atoms with Crippen LogP contribution >= 0.6 is 0 Å². The van der Waals surface area contributed by atoms with Gasteiger partial charge >= 0.3 is 24.1 Å². The summed E-state index contributed by atoms with van der Waals surface area (Å²) in [5, 5.41) is 5.68. The number of urea groups is 1. The number of hydrogen-bond donors (Lipinski definition) is 4. The first-order valence-electron chi connectivity index (χ1n) is 11.9. The van der Waals surface area contributed by atoms with Crippen LogP contribution in [0.15, 0.2) is 30.3 Å². The fourth-order valence-corrected chi connectivity index (χ4v) is 3.72.